The third-order valence-electron chi connectivity index (χ3n) is 1.70. The van der Waals surface area contributed by atoms with Crippen molar-refractivity contribution in [2.24, 2.45) is 0 Å². The van der Waals surface area contributed by atoms with Gasteiger partial charge in [0, 0.05) is 13.0 Å². The van der Waals surface area contributed by atoms with E-state index in [0.29, 0.717) is 19.6 Å². The Morgan fingerprint density at radius 3 is 3.25 bits per heavy atom. The van der Waals surface area contributed by atoms with Gasteiger partial charge in [0.25, 0.3) is 0 Å². The minimum absolute atomic E-state index is 0.338. The van der Waals surface area contributed by atoms with Crippen molar-refractivity contribution in [1.82, 2.24) is 4.90 Å². The average Bonchev–Trinajstić information content (AvgIpc) is 2.09. The van der Waals surface area contributed by atoms with Gasteiger partial charge in [-0.15, -0.1) is 6.58 Å². The van der Waals surface area contributed by atoms with Gasteiger partial charge in [-0.2, -0.15) is 5.26 Å². The predicted octanol–water partition coefficient (Wildman–Crippen LogP) is 0.907. The normalized spacial score (nSPS) is 22.8. The number of carbonyl (C=O) groups excluding carboxylic acids is 1. The zero-order valence-electron chi connectivity index (χ0n) is 6.69. The van der Waals surface area contributed by atoms with E-state index in [4.69, 9.17) is 10.00 Å². The fourth-order valence-corrected chi connectivity index (χ4v) is 1.10. The molecule has 0 spiro atoms. The number of hydrogen-bond donors (Lipinski definition) is 0. The van der Waals surface area contributed by atoms with Crippen LogP contribution >= 0.6 is 0 Å². The molecule has 1 heterocycles. The molecule has 0 aromatic heterocycles. The second-order valence-electron chi connectivity index (χ2n) is 2.49. The van der Waals surface area contributed by atoms with Crippen molar-refractivity contribution < 1.29 is 9.53 Å². The lowest BCUT2D eigenvalue weighted by atomic mass is 10.2. The van der Waals surface area contributed by atoms with Gasteiger partial charge in [0.1, 0.15) is 6.04 Å². The molecule has 1 aliphatic rings. The minimum Gasteiger partial charge on any atom is -0.449 e. The quantitative estimate of drug-likeness (QED) is 0.573. The molecule has 1 fully saturated rings. The maximum atomic E-state index is 11.1. The summed E-state index contributed by atoms with van der Waals surface area (Å²) in [5.41, 5.74) is 0. The first kappa shape index (κ1) is 8.60. The molecule has 1 saturated heterocycles. The highest BCUT2D eigenvalue weighted by atomic mass is 16.6. The number of hydrogen-bond acceptors (Lipinski definition) is 3. The SMILES string of the molecule is C=CCN1C(=O)OCCC1C#N. The van der Waals surface area contributed by atoms with Gasteiger partial charge in [-0.25, -0.2) is 4.79 Å². The van der Waals surface area contributed by atoms with E-state index in [-0.39, 0.29) is 6.04 Å². The Balaban J connectivity index is 2.67. The van der Waals surface area contributed by atoms with Gasteiger partial charge in [0.15, 0.2) is 0 Å². The van der Waals surface area contributed by atoms with Crippen LogP contribution in [0.3, 0.4) is 0 Å². The molecule has 12 heavy (non-hydrogen) atoms. The van der Waals surface area contributed by atoms with E-state index in [2.05, 4.69) is 6.58 Å². The highest BCUT2D eigenvalue weighted by molar-refractivity contribution is 5.69. The van der Waals surface area contributed by atoms with E-state index in [1.54, 1.807) is 6.08 Å². The molecule has 0 aliphatic carbocycles. The molecule has 64 valence electrons. The molecule has 1 amide bonds. The van der Waals surface area contributed by atoms with Crippen LogP contribution < -0.4 is 0 Å². The fraction of sp³-hybridized carbons (Fsp3) is 0.500. The summed E-state index contributed by atoms with van der Waals surface area (Å²) in [5.74, 6) is 0. The van der Waals surface area contributed by atoms with Crippen molar-refractivity contribution in [2.45, 2.75) is 12.5 Å². The van der Waals surface area contributed by atoms with Crippen LogP contribution in [0.25, 0.3) is 0 Å². The number of ether oxygens (including phenoxy) is 1. The van der Waals surface area contributed by atoms with Crippen LogP contribution in [0.1, 0.15) is 6.42 Å². The average molecular weight is 166 g/mol. The summed E-state index contributed by atoms with van der Waals surface area (Å²) in [4.78, 5) is 12.4. The van der Waals surface area contributed by atoms with Crippen LogP contribution in [0.15, 0.2) is 12.7 Å². The van der Waals surface area contributed by atoms with E-state index in [1.165, 1.54) is 4.90 Å². The molecule has 1 atom stereocenters. The van der Waals surface area contributed by atoms with Gasteiger partial charge >= 0.3 is 6.09 Å². The lowest BCUT2D eigenvalue weighted by Gasteiger charge is -2.29. The van der Waals surface area contributed by atoms with Crippen LogP contribution in [0.2, 0.25) is 0 Å². The third-order valence-corrected chi connectivity index (χ3v) is 1.70. The number of nitrogens with zero attached hydrogens (tertiary/aromatic N) is 2. The molecular formula is C8H10N2O2. The Kier molecular flexibility index (Phi) is 2.70. The van der Waals surface area contributed by atoms with Crippen LogP contribution in [0.4, 0.5) is 4.79 Å². The zero-order valence-corrected chi connectivity index (χ0v) is 6.69. The number of rotatable bonds is 2. The van der Waals surface area contributed by atoms with E-state index >= 15 is 0 Å². The van der Waals surface area contributed by atoms with E-state index in [9.17, 15) is 4.79 Å². The number of carbonyl (C=O) groups is 1. The standard InChI is InChI=1S/C8H10N2O2/c1-2-4-10-7(6-9)3-5-12-8(10)11/h2,7H,1,3-5H2. The summed E-state index contributed by atoms with van der Waals surface area (Å²) in [7, 11) is 0. The molecule has 4 heteroatoms. The van der Waals surface area contributed by atoms with Gasteiger partial charge in [-0.1, -0.05) is 6.08 Å². The molecule has 0 aromatic carbocycles. The molecule has 0 radical (unpaired) electrons. The van der Waals surface area contributed by atoms with Gasteiger partial charge in [0.2, 0.25) is 0 Å². The van der Waals surface area contributed by atoms with Crippen LogP contribution in [-0.2, 0) is 4.74 Å². The molecular weight excluding hydrogens is 156 g/mol. The third kappa shape index (κ3) is 1.56. The van der Waals surface area contributed by atoms with Crippen molar-refractivity contribution in [2.75, 3.05) is 13.2 Å². The van der Waals surface area contributed by atoms with Crippen molar-refractivity contribution in [1.29, 1.82) is 5.26 Å². The van der Waals surface area contributed by atoms with Gasteiger partial charge in [-0.05, 0) is 0 Å². The molecule has 1 aliphatic heterocycles. The second kappa shape index (κ2) is 3.77. The highest BCUT2D eigenvalue weighted by Gasteiger charge is 2.28. The van der Waals surface area contributed by atoms with Crippen molar-refractivity contribution in [3.8, 4) is 6.07 Å². The Hall–Kier alpha value is -1.50. The first-order valence-electron chi connectivity index (χ1n) is 3.73. The molecule has 0 bridgehead atoms. The van der Waals surface area contributed by atoms with E-state index in [1.807, 2.05) is 6.07 Å². The molecule has 0 N–H and O–H groups in total. The topological polar surface area (TPSA) is 53.3 Å². The summed E-state index contributed by atoms with van der Waals surface area (Å²) in [5, 5.41) is 8.67. The molecule has 1 rings (SSSR count). The van der Waals surface area contributed by atoms with Gasteiger partial charge in [-0.3, -0.25) is 4.90 Å². The Morgan fingerprint density at radius 1 is 1.92 bits per heavy atom. The smallest absolute Gasteiger partial charge is 0.411 e. The number of nitriles is 1. The molecule has 0 saturated carbocycles. The molecule has 1 unspecified atom stereocenters. The van der Waals surface area contributed by atoms with Crippen molar-refractivity contribution in [3.63, 3.8) is 0 Å². The van der Waals surface area contributed by atoms with Crippen LogP contribution in [-0.4, -0.2) is 30.2 Å². The lowest BCUT2D eigenvalue weighted by molar-refractivity contribution is 0.0630. The van der Waals surface area contributed by atoms with Crippen molar-refractivity contribution in [3.05, 3.63) is 12.7 Å². The molecule has 4 nitrogen and oxygen atoms in total. The van der Waals surface area contributed by atoms with E-state index < -0.39 is 6.09 Å². The van der Waals surface area contributed by atoms with Crippen LogP contribution in [0.5, 0.6) is 0 Å². The van der Waals surface area contributed by atoms with Crippen molar-refractivity contribution >= 4 is 6.09 Å². The largest absolute Gasteiger partial charge is 0.449 e. The van der Waals surface area contributed by atoms with E-state index in [0.717, 1.165) is 0 Å². The number of amides is 1. The molecule has 0 aromatic rings. The summed E-state index contributed by atoms with van der Waals surface area (Å²) in [6, 6.07) is 1.69. The van der Waals surface area contributed by atoms with Gasteiger partial charge < -0.3 is 4.74 Å². The minimum atomic E-state index is -0.423. The Bertz CT molecular complexity index is 232. The summed E-state index contributed by atoms with van der Waals surface area (Å²) in [6.07, 6.45) is 1.74. The monoisotopic (exact) mass is 166 g/mol. The van der Waals surface area contributed by atoms with Crippen LogP contribution in [0, 0.1) is 11.3 Å². The maximum Gasteiger partial charge on any atom is 0.411 e. The first-order valence-corrected chi connectivity index (χ1v) is 3.73. The van der Waals surface area contributed by atoms with Gasteiger partial charge in [0.05, 0.1) is 12.7 Å². The first-order chi connectivity index (χ1) is 5.79. The lowest BCUT2D eigenvalue weighted by Crippen LogP contribution is -2.44. The predicted molar refractivity (Wildman–Crippen MR) is 42.3 cm³/mol. The summed E-state index contributed by atoms with van der Waals surface area (Å²) in [6.45, 7) is 4.21. The zero-order chi connectivity index (χ0) is 8.97. The Morgan fingerprint density at radius 2 is 2.67 bits per heavy atom. The summed E-state index contributed by atoms with van der Waals surface area (Å²) >= 11 is 0. The fourth-order valence-electron chi connectivity index (χ4n) is 1.10. The summed E-state index contributed by atoms with van der Waals surface area (Å²) < 4.78 is 4.76. The number of cyclic esters (lactones) is 1. The second-order valence-corrected chi connectivity index (χ2v) is 2.49. The maximum absolute atomic E-state index is 11.1. The Labute approximate surface area is 71.0 Å². The highest BCUT2D eigenvalue weighted by Crippen LogP contribution is 2.11.